The molecule has 2 aromatic carbocycles. The zero-order valence-corrected chi connectivity index (χ0v) is 19.6. The maximum atomic E-state index is 13.4. The molecule has 0 radical (unpaired) electrons. The summed E-state index contributed by atoms with van der Waals surface area (Å²) in [6.07, 6.45) is 3.11. The number of benzene rings is 2. The number of aromatic nitrogens is 4. The number of nitrogens with one attached hydrogen (secondary N) is 1. The van der Waals surface area contributed by atoms with Crippen LogP contribution in [0.1, 0.15) is 37.7 Å². The molecule has 3 aromatic heterocycles. The number of para-hydroxylation sites is 2. The van der Waals surface area contributed by atoms with Crippen LogP contribution in [0.4, 0.5) is 0 Å². The Kier molecular flexibility index (Phi) is 5.42. The summed E-state index contributed by atoms with van der Waals surface area (Å²) in [7, 11) is 0. The van der Waals surface area contributed by atoms with E-state index in [1.807, 2.05) is 48.5 Å². The molecule has 0 bridgehead atoms. The van der Waals surface area contributed by atoms with Crippen LogP contribution in [0.3, 0.4) is 0 Å². The molecule has 7 heteroatoms. The summed E-state index contributed by atoms with van der Waals surface area (Å²) in [6.45, 7) is 6.41. The maximum Gasteiger partial charge on any atom is 0.269 e. The van der Waals surface area contributed by atoms with E-state index in [2.05, 4.69) is 41.8 Å². The lowest BCUT2D eigenvalue weighted by Gasteiger charge is -2.19. The average Bonchev–Trinajstić information content (AvgIpc) is 3.28. The van der Waals surface area contributed by atoms with Crippen LogP contribution in [0, 0.1) is 11.3 Å². The standard InChI is InChI=1S/C28H23N5O2/c1-28(2,3)19-11-13-20(14-12-19)35-26-21(27(34)33-15-7-6-10-24(33)32-26)16-18(17-29)25-30-22-8-4-5-9-23(22)31-25/h4-16H,1-3H3,(H,30,31). The number of hydrogen-bond donors (Lipinski definition) is 1. The number of pyridine rings is 1. The van der Waals surface area contributed by atoms with Crippen molar-refractivity contribution >= 4 is 28.3 Å². The van der Waals surface area contributed by atoms with Crippen molar-refractivity contribution in [1.82, 2.24) is 19.4 Å². The molecule has 172 valence electrons. The van der Waals surface area contributed by atoms with Gasteiger partial charge in [0, 0.05) is 6.20 Å². The van der Waals surface area contributed by atoms with Crippen LogP contribution < -0.4 is 10.3 Å². The molecular weight excluding hydrogens is 438 g/mol. The molecule has 0 unspecified atom stereocenters. The normalized spacial score (nSPS) is 12.1. The van der Waals surface area contributed by atoms with Crippen LogP contribution in [0.2, 0.25) is 0 Å². The second-order valence-corrected chi connectivity index (χ2v) is 9.21. The topological polar surface area (TPSA) is 96.1 Å². The van der Waals surface area contributed by atoms with Crippen molar-refractivity contribution in [3.63, 3.8) is 0 Å². The highest BCUT2D eigenvalue weighted by atomic mass is 16.5. The van der Waals surface area contributed by atoms with Gasteiger partial charge in [-0.25, -0.2) is 4.98 Å². The fraction of sp³-hybridized carbons (Fsp3) is 0.143. The minimum Gasteiger partial charge on any atom is -0.438 e. The highest BCUT2D eigenvalue weighted by Gasteiger charge is 2.18. The quantitative estimate of drug-likeness (QED) is 0.345. The third kappa shape index (κ3) is 4.30. The summed E-state index contributed by atoms with van der Waals surface area (Å²) in [6, 6.07) is 22.6. The largest absolute Gasteiger partial charge is 0.438 e. The Bertz CT molecular complexity index is 1650. The smallest absolute Gasteiger partial charge is 0.269 e. The minimum atomic E-state index is -0.347. The lowest BCUT2D eigenvalue weighted by Crippen LogP contribution is -2.18. The fourth-order valence-electron chi connectivity index (χ4n) is 3.80. The van der Waals surface area contributed by atoms with Gasteiger partial charge >= 0.3 is 0 Å². The lowest BCUT2D eigenvalue weighted by molar-refractivity contribution is 0.460. The molecule has 3 heterocycles. The van der Waals surface area contributed by atoms with E-state index in [1.54, 1.807) is 24.4 Å². The summed E-state index contributed by atoms with van der Waals surface area (Å²) in [5.41, 5.74) is 3.14. The number of aromatic amines is 1. The van der Waals surface area contributed by atoms with Gasteiger partial charge in [-0.3, -0.25) is 9.20 Å². The summed E-state index contributed by atoms with van der Waals surface area (Å²) in [5.74, 6) is 1.03. The Hall–Kier alpha value is -4.70. The molecular formula is C28H23N5O2. The first kappa shape index (κ1) is 22.1. The van der Waals surface area contributed by atoms with Crippen LogP contribution in [0.25, 0.3) is 28.3 Å². The zero-order valence-electron chi connectivity index (χ0n) is 19.6. The number of imidazole rings is 1. The number of fused-ring (bicyclic) bond motifs is 2. The molecule has 0 aliphatic heterocycles. The molecule has 1 N–H and O–H groups in total. The third-order valence-corrected chi connectivity index (χ3v) is 5.72. The van der Waals surface area contributed by atoms with Crippen molar-refractivity contribution in [2.24, 2.45) is 0 Å². The van der Waals surface area contributed by atoms with E-state index in [4.69, 9.17) is 4.74 Å². The maximum absolute atomic E-state index is 13.4. The fourth-order valence-corrected chi connectivity index (χ4v) is 3.80. The summed E-state index contributed by atoms with van der Waals surface area (Å²) in [5, 5.41) is 9.91. The van der Waals surface area contributed by atoms with Gasteiger partial charge in [0.2, 0.25) is 5.88 Å². The summed E-state index contributed by atoms with van der Waals surface area (Å²) >= 11 is 0. The van der Waals surface area contributed by atoms with Gasteiger partial charge in [-0.2, -0.15) is 10.2 Å². The molecule has 0 fully saturated rings. The van der Waals surface area contributed by atoms with Crippen LogP contribution in [-0.2, 0) is 5.41 Å². The summed E-state index contributed by atoms with van der Waals surface area (Å²) < 4.78 is 7.52. The monoisotopic (exact) mass is 461 g/mol. The number of nitrogens with zero attached hydrogens (tertiary/aromatic N) is 4. The van der Waals surface area contributed by atoms with E-state index < -0.39 is 0 Å². The number of rotatable bonds is 4. The van der Waals surface area contributed by atoms with Gasteiger partial charge in [-0.15, -0.1) is 0 Å². The van der Waals surface area contributed by atoms with Crippen LogP contribution in [0.5, 0.6) is 11.6 Å². The van der Waals surface area contributed by atoms with Gasteiger partial charge < -0.3 is 9.72 Å². The first-order chi connectivity index (χ1) is 16.8. The molecule has 0 aliphatic carbocycles. The van der Waals surface area contributed by atoms with E-state index in [0.717, 1.165) is 16.6 Å². The number of nitriles is 1. The van der Waals surface area contributed by atoms with Crippen molar-refractivity contribution in [2.45, 2.75) is 26.2 Å². The van der Waals surface area contributed by atoms with E-state index in [0.29, 0.717) is 17.2 Å². The Morgan fingerprint density at radius 2 is 1.77 bits per heavy atom. The molecule has 0 atom stereocenters. The van der Waals surface area contributed by atoms with E-state index in [9.17, 15) is 10.1 Å². The molecule has 5 rings (SSSR count). The second-order valence-electron chi connectivity index (χ2n) is 9.21. The Balaban J connectivity index is 1.64. The Morgan fingerprint density at radius 1 is 1.03 bits per heavy atom. The van der Waals surface area contributed by atoms with Gasteiger partial charge in [-0.05, 0) is 53.5 Å². The highest BCUT2D eigenvalue weighted by Crippen LogP contribution is 2.29. The van der Waals surface area contributed by atoms with Crippen LogP contribution >= 0.6 is 0 Å². The first-order valence-corrected chi connectivity index (χ1v) is 11.2. The van der Waals surface area contributed by atoms with Crippen LogP contribution in [-0.4, -0.2) is 19.4 Å². The third-order valence-electron chi connectivity index (χ3n) is 5.72. The first-order valence-electron chi connectivity index (χ1n) is 11.2. The minimum absolute atomic E-state index is 0.000729. The lowest BCUT2D eigenvalue weighted by atomic mass is 9.87. The Labute approximate surface area is 202 Å². The summed E-state index contributed by atoms with van der Waals surface area (Å²) in [4.78, 5) is 25.7. The number of allylic oxidation sites excluding steroid dienone is 1. The van der Waals surface area contributed by atoms with Crippen LogP contribution in [0.15, 0.2) is 77.7 Å². The highest BCUT2D eigenvalue weighted by molar-refractivity contribution is 5.91. The number of ether oxygens (including phenoxy) is 1. The second kappa shape index (κ2) is 8.58. The van der Waals surface area contributed by atoms with E-state index >= 15 is 0 Å². The van der Waals surface area contributed by atoms with Gasteiger partial charge in [0.05, 0.1) is 16.6 Å². The molecule has 35 heavy (non-hydrogen) atoms. The van der Waals surface area contributed by atoms with Crippen molar-refractivity contribution in [3.8, 4) is 17.7 Å². The number of hydrogen-bond acceptors (Lipinski definition) is 5. The predicted octanol–water partition coefficient (Wildman–Crippen LogP) is 5.72. The molecule has 0 spiro atoms. The van der Waals surface area contributed by atoms with Crippen molar-refractivity contribution in [1.29, 1.82) is 5.26 Å². The van der Waals surface area contributed by atoms with Crippen molar-refractivity contribution in [3.05, 3.63) is 100 Å². The molecule has 0 aliphatic rings. The van der Waals surface area contributed by atoms with Crippen molar-refractivity contribution in [2.75, 3.05) is 0 Å². The molecule has 0 saturated heterocycles. The molecule has 0 saturated carbocycles. The predicted molar refractivity (Wildman–Crippen MR) is 136 cm³/mol. The molecule has 7 nitrogen and oxygen atoms in total. The SMILES string of the molecule is CC(C)(C)c1ccc(Oc2nc3ccccn3c(=O)c2C=C(C#N)c2nc3ccccc3[nH]2)cc1. The Morgan fingerprint density at radius 3 is 2.49 bits per heavy atom. The van der Waals surface area contributed by atoms with Gasteiger partial charge in [-0.1, -0.05) is 51.1 Å². The molecule has 5 aromatic rings. The number of H-pyrrole nitrogens is 1. The van der Waals surface area contributed by atoms with E-state index in [-0.39, 0.29) is 28.0 Å². The van der Waals surface area contributed by atoms with Gasteiger partial charge in [0.15, 0.2) is 0 Å². The zero-order chi connectivity index (χ0) is 24.6. The van der Waals surface area contributed by atoms with Gasteiger partial charge in [0.25, 0.3) is 5.56 Å². The molecule has 0 amide bonds. The van der Waals surface area contributed by atoms with Crippen molar-refractivity contribution < 1.29 is 4.74 Å². The van der Waals surface area contributed by atoms with Gasteiger partial charge in [0.1, 0.15) is 28.9 Å². The average molecular weight is 462 g/mol. The van der Waals surface area contributed by atoms with E-state index in [1.165, 1.54) is 10.5 Å².